The van der Waals surface area contributed by atoms with Crippen molar-refractivity contribution in [1.29, 1.82) is 5.26 Å². The molecule has 0 bridgehead atoms. The van der Waals surface area contributed by atoms with E-state index in [0.717, 1.165) is 31.4 Å². The summed E-state index contributed by atoms with van der Waals surface area (Å²) in [6.45, 7) is 2.35. The van der Waals surface area contributed by atoms with Crippen molar-refractivity contribution in [2.75, 3.05) is 6.54 Å². The summed E-state index contributed by atoms with van der Waals surface area (Å²) in [5, 5.41) is 12.7. The van der Waals surface area contributed by atoms with Gasteiger partial charge in [-0.05, 0) is 57.6 Å². The van der Waals surface area contributed by atoms with E-state index in [0.29, 0.717) is 12.8 Å². The molecule has 1 N–H and O–H groups in total. The highest BCUT2D eigenvalue weighted by Crippen LogP contribution is 2.31. The Balaban J connectivity index is 1.49. The molecule has 1 aliphatic carbocycles. The van der Waals surface area contributed by atoms with Crippen molar-refractivity contribution in [1.82, 2.24) is 15.2 Å². The number of terminal acetylenes is 1. The Morgan fingerprint density at radius 3 is 2.78 bits per heavy atom. The second kappa shape index (κ2) is 8.41. The molecule has 0 aromatic carbocycles. The molecular weight excluding hydrogens is 340 g/mol. The number of likely N-dealkylation sites (tertiary alicyclic amines) is 1. The number of nitrogens with one attached hydrogen (secondary N) is 1. The van der Waals surface area contributed by atoms with Gasteiger partial charge in [-0.2, -0.15) is 5.26 Å². The number of amides is 1. The van der Waals surface area contributed by atoms with Gasteiger partial charge < -0.3 is 15.0 Å². The maximum absolute atomic E-state index is 12.7. The van der Waals surface area contributed by atoms with Crippen molar-refractivity contribution >= 4 is 5.91 Å². The van der Waals surface area contributed by atoms with Crippen LogP contribution in [0.5, 0.6) is 5.75 Å². The summed E-state index contributed by atoms with van der Waals surface area (Å²) in [6, 6.07) is 5.31. The van der Waals surface area contributed by atoms with E-state index in [-0.39, 0.29) is 30.1 Å². The van der Waals surface area contributed by atoms with Crippen molar-refractivity contribution < 1.29 is 9.53 Å². The Bertz CT molecular complexity index is 707. The number of pyridine rings is 1. The standard InChI is InChI=1S/C21H26N4O2/c1-3-16-6-7-17(13-22)25(16)20(26)15-24-21(2)10-8-18(9-11-21)27-19-5-4-12-23-14-19/h1,4-5,12,14,16-18,24H,6-11,15H2,2H3/t16-,17-,18-,21-/m0/s1. The second-order valence-corrected chi connectivity index (χ2v) is 7.63. The molecule has 1 aliphatic heterocycles. The van der Waals surface area contributed by atoms with Crippen molar-refractivity contribution in [3.63, 3.8) is 0 Å². The van der Waals surface area contributed by atoms with Crippen LogP contribution in [0.3, 0.4) is 0 Å². The summed E-state index contributed by atoms with van der Waals surface area (Å²) in [5.74, 6) is 3.35. The average Bonchev–Trinajstić information content (AvgIpc) is 3.12. The number of ether oxygens (including phenoxy) is 1. The first-order valence-corrected chi connectivity index (χ1v) is 9.53. The molecule has 1 aromatic rings. The Morgan fingerprint density at radius 2 is 2.15 bits per heavy atom. The molecule has 6 nitrogen and oxygen atoms in total. The number of hydrogen-bond donors (Lipinski definition) is 1. The Morgan fingerprint density at radius 1 is 1.41 bits per heavy atom. The predicted octanol–water partition coefficient (Wildman–Crippen LogP) is 2.27. The molecule has 2 aliphatic rings. The van der Waals surface area contributed by atoms with Crippen molar-refractivity contribution in [3.8, 4) is 24.2 Å². The van der Waals surface area contributed by atoms with Gasteiger partial charge in [0.25, 0.3) is 0 Å². The van der Waals surface area contributed by atoms with E-state index >= 15 is 0 Å². The van der Waals surface area contributed by atoms with Crippen molar-refractivity contribution in [2.45, 2.75) is 69.2 Å². The Labute approximate surface area is 160 Å². The summed E-state index contributed by atoms with van der Waals surface area (Å²) < 4.78 is 5.99. The molecule has 0 radical (unpaired) electrons. The minimum atomic E-state index is -0.406. The smallest absolute Gasteiger partial charge is 0.238 e. The monoisotopic (exact) mass is 366 g/mol. The van der Waals surface area contributed by atoms with Gasteiger partial charge in [0.1, 0.15) is 11.8 Å². The quantitative estimate of drug-likeness (QED) is 0.809. The fraction of sp³-hybridized carbons (Fsp3) is 0.571. The lowest BCUT2D eigenvalue weighted by atomic mass is 9.82. The lowest BCUT2D eigenvalue weighted by Crippen LogP contribution is -2.52. The van der Waals surface area contributed by atoms with Gasteiger partial charge in [-0.25, -0.2) is 0 Å². The second-order valence-electron chi connectivity index (χ2n) is 7.63. The zero-order valence-corrected chi connectivity index (χ0v) is 15.7. The largest absolute Gasteiger partial charge is 0.489 e. The molecular formula is C21H26N4O2. The molecule has 27 heavy (non-hydrogen) atoms. The van der Waals surface area contributed by atoms with Gasteiger partial charge in [0.05, 0.1) is 31.0 Å². The molecule has 142 valence electrons. The first kappa shape index (κ1) is 19.2. The number of nitrogens with zero attached hydrogens (tertiary/aromatic N) is 3. The Kier molecular flexibility index (Phi) is 5.98. The minimum absolute atomic E-state index is 0.0861. The Hall–Kier alpha value is -2.57. The summed E-state index contributed by atoms with van der Waals surface area (Å²) in [4.78, 5) is 18.3. The highest BCUT2D eigenvalue weighted by atomic mass is 16.5. The minimum Gasteiger partial charge on any atom is -0.489 e. The van der Waals surface area contributed by atoms with Crippen LogP contribution in [0, 0.1) is 23.7 Å². The lowest BCUT2D eigenvalue weighted by molar-refractivity contribution is -0.131. The third-order valence-electron chi connectivity index (χ3n) is 5.65. The molecule has 1 aromatic heterocycles. The maximum Gasteiger partial charge on any atom is 0.238 e. The highest BCUT2D eigenvalue weighted by molar-refractivity contribution is 5.80. The van der Waals surface area contributed by atoms with Crippen molar-refractivity contribution in [3.05, 3.63) is 24.5 Å². The first-order chi connectivity index (χ1) is 13.0. The zero-order valence-electron chi connectivity index (χ0n) is 15.7. The number of nitriles is 1. The summed E-state index contributed by atoms with van der Waals surface area (Å²) in [5.41, 5.74) is -0.113. The van der Waals surface area contributed by atoms with Crippen LogP contribution in [-0.2, 0) is 4.79 Å². The number of hydrogen-bond acceptors (Lipinski definition) is 5. The van der Waals surface area contributed by atoms with Crippen LogP contribution in [0.1, 0.15) is 45.4 Å². The van der Waals surface area contributed by atoms with Crippen LogP contribution in [-0.4, -0.2) is 46.1 Å². The van der Waals surface area contributed by atoms with Gasteiger partial charge in [0.2, 0.25) is 5.91 Å². The van der Waals surface area contributed by atoms with Gasteiger partial charge in [0.15, 0.2) is 0 Å². The van der Waals surface area contributed by atoms with Crippen LogP contribution >= 0.6 is 0 Å². The topological polar surface area (TPSA) is 78.2 Å². The lowest BCUT2D eigenvalue weighted by Gasteiger charge is -2.38. The third kappa shape index (κ3) is 4.59. The maximum atomic E-state index is 12.7. The zero-order chi connectivity index (χ0) is 19.3. The molecule has 0 unspecified atom stereocenters. The van der Waals surface area contributed by atoms with E-state index in [9.17, 15) is 10.1 Å². The molecule has 0 spiro atoms. The summed E-state index contributed by atoms with van der Waals surface area (Å²) in [6.07, 6.45) is 14.2. The van der Waals surface area contributed by atoms with Crippen LogP contribution in [0.15, 0.2) is 24.5 Å². The van der Waals surface area contributed by atoms with E-state index in [4.69, 9.17) is 11.2 Å². The third-order valence-corrected chi connectivity index (χ3v) is 5.65. The van der Waals surface area contributed by atoms with Crippen molar-refractivity contribution in [2.24, 2.45) is 0 Å². The molecule has 2 atom stereocenters. The van der Waals surface area contributed by atoms with Gasteiger partial charge >= 0.3 is 0 Å². The number of aromatic nitrogens is 1. The molecule has 1 amide bonds. The fourth-order valence-electron chi connectivity index (χ4n) is 3.96. The van der Waals surface area contributed by atoms with Crippen LogP contribution in [0.2, 0.25) is 0 Å². The van der Waals surface area contributed by atoms with Gasteiger partial charge in [-0.1, -0.05) is 5.92 Å². The number of carbonyl (C=O) groups is 1. The highest BCUT2D eigenvalue weighted by Gasteiger charge is 2.37. The molecule has 2 heterocycles. The van der Waals surface area contributed by atoms with Crippen LogP contribution in [0.4, 0.5) is 0 Å². The predicted molar refractivity (Wildman–Crippen MR) is 102 cm³/mol. The van der Waals surface area contributed by atoms with E-state index < -0.39 is 6.04 Å². The van der Waals surface area contributed by atoms with E-state index in [1.54, 1.807) is 17.3 Å². The average molecular weight is 366 g/mol. The number of rotatable bonds is 5. The molecule has 6 heteroatoms. The van der Waals surface area contributed by atoms with Crippen LogP contribution < -0.4 is 10.1 Å². The SMILES string of the molecule is C#C[C@H]1CC[C@@H](C#N)N1C(=O)CN[C@]1(C)CC[C@@H](Oc2cccnc2)CC1. The number of carbonyl (C=O) groups excluding carboxylic acids is 1. The molecule has 1 saturated heterocycles. The molecule has 1 saturated carbocycles. The van der Waals surface area contributed by atoms with E-state index in [1.807, 2.05) is 12.1 Å². The fourth-order valence-corrected chi connectivity index (χ4v) is 3.96. The van der Waals surface area contributed by atoms with E-state index in [1.165, 1.54) is 0 Å². The van der Waals surface area contributed by atoms with E-state index in [2.05, 4.69) is 29.2 Å². The molecule has 3 rings (SSSR count). The summed E-state index contributed by atoms with van der Waals surface area (Å²) in [7, 11) is 0. The van der Waals surface area contributed by atoms with Gasteiger partial charge in [-0.15, -0.1) is 6.42 Å². The van der Waals surface area contributed by atoms with Gasteiger partial charge in [0, 0.05) is 11.7 Å². The molecule has 2 fully saturated rings. The summed E-state index contributed by atoms with van der Waals surface area (Å²) >= 11 is 0. The van der Waals surface area contributed by atoms with Gasteiger partial charge in [-0.3, -0.25) is 9.78 Å². The normalized spacial score (nSPS) is 30.3. The first-order valence-electron chi connectivity index (χ1n) is 9.53. The van der Waals surface area contributed by atoms with Crippen LogP contribution in [0.25, 0.3) is 0 Å².